The molecular formula is C8H16O2. The molecule has 0 bridgehead atoms. The van der Waals surface area contributed by atoms with Gasteiger partial charge in [0.25, 0.3) is 0 Å². The lowest BCUT2D eigenvalue weighted by Gasteiger charge is -2.15. The lowest BCUT2D eigenvalue weighted by atomic mass is 10.0. The normalized spacial score (nSPS) is 21.6. The van der Waals surface area contributed by atoms with E-state index in [2.05, 4.69) is 18.7 Å². The average Bonchev–Trinajstić information content (AvgIpc) is 2.64. The summed E-state index contributed by atoms with van der Waals surface area (Å²) in [7, 11) is 0. The third kappa shape index (κ3) is 2.27. The van der Waals surface area contributed by atoms with Crippen molar-refractivity contribution in [3.05, 3.63) is 0 Å². The second-order valence-electron chi connectivity index (χ2n) is 3.57. The summed E-state index contributed by atoms with van der Waals surface area (Å²) in [5.74, 6) is 1.27. The molecule has 1 aliphatic rings. The van der Waals surface area contributed by atoms with E-state index in [-0.39, 0.29) is 6.10 Å². The van der Waals surface area contributed by atoms with Crippen LogP contribution in [0.25, 0.3) is 0 Å². The van der Waals surface area contributed by atoms with Crippen molar-refractivity contribution in [3.63, 3.8) is 0 Å². The Bertz CT molecular complexity index is 97.4. The van der Waals surface area contributed by atoms with Crippen molar-refractivity contribution < 1.29 is 10.1 Å². The summed E-state index contributed by atoms with van der Waals surface area (Å²) in [6.45, 7) is 4.15. The maximum atomic E-state index is 8.47. The van der Waals surface area contributed by atoms with E-state index in [4.69, 9.17) is 5.26 Å². The molecule has 2 heteroatoms. The third-order valence-corrected chi connectivity index (χ3v) is 2.14. The van der Waals surface area contributed by atoms with Gasteiger partial charge in [0.1, 0.15) is 0 Å². The Balaban J connectivity index is 2.17. The van der Waals surface area contributed by atoms with Gasteiger partial charge in [0.15, 0.2) is 0 Å². The van der Waals surface area contributed by atoms with Crippen molar-refractivity contribution >= 4 is 0 Å². The number of rotatable bonds is 4. The maximum absolute atomic E-state index is 8.47. The van der Waals surface area contributed by atoms with E-state index in [1.165, 1.54) is 12.8 Å². The Morgan fingerprint density at radius 3 is 2.40 bits per heavy atom. The van der Waals surface area contributed by atoms with Crippen LogP contribution in [0.4, 0.5) is 0 Å². The minimum Gasteiger partial charge on any atom is -0.252 e. The first-order valence-electron chi connectivity index (χ1n) is 4.04. The molecule has 10 heavy (non-hydrogen) atoms. The summed E-state index contributed by atoms with van der Waals surface area (Å²) in [6, 6.07) is 0. The van der Waals surface area contributed by atoms with E-state index in [0.717, 1.165) is 12.3 Å². The second-order valence-corrected chi connectivity index (χ2v) is 3.57. The largest absolute Gasteiger partial charge is 0.252 e. The van der Waals surface area contributed by atoms with Gasteiger partial charge in [-0.3, -0.25) is 5.26 Å². The van der Waals surface area contributed by atoms with Gasteiger partial charge in [-0.1, -0.05) is 26.7 Å². The molecule has 1 saturated carbocycles. The highest BCUT2D eigenvalue weighted by Gasteiger charge is 2.27. The highest BCUT2D eigenvalue weighted by Crippen LogP contribution is 2.35. The monoisotopic (exact) mass is 144 g/mol. The molecule has 0 saturated heterocycles. The molecule has 2 nitrogen and oxygen atoms in total. The maximum Gasteiger partial charge on any atom is 0.0952 e. The van der Waals surface area contributed by atoms with E-state index in [1.807, 2.05) is 0 Å². The van der Waals surface area contributed by atoms with Gasteiger partial charge >= 0.3 is 0 Å². The van der Waals surface area contributed by atoms with E-state index < -0.39 is 0 Å². The van der Waals surface area contributed by atoms with E-state index >= 15 is 0 Å². The fourth-order valence-electron chi connectivity index (χ4n) is 1.12. The molecular weight excluding hydrogens is 128 g/mol. The first kappa shape index (κ1) is 8.02. The third-order valence-electron chi connectivity index (χ3n) is 2.14. The van der Waals surface area contributed by atoms with Crippen LogP contribution in [0, 0.1) is 11.8 Å². The molecule has 0 aromatic rings. The van der Waals surface area contributed by atoms with E-state index in [1.54, 1.807) is 0 Å². The molecule has 0 amide bonds. The molecule has 60 valence electrons. The molecule has 0 radical (unpaired) electrons. The van der Waals surface area contributed by atoms with Crippen LogP contribution in [0.2, 0.25) is 0 Å². The van der Waals surface area contributed by atoms with Crippen LogP contribution in [-0.2, 0) is 4.89 Å². The first-order valence-corrected chi connectivity index (χ1v) is 4.04. The van der Waals surface area contributed by atoms with Crippen LogP contribution in [0.1, 0.15) is 33.1 Å². The van der Waals surface area contributed by atoms with Gasteiger partial charge in [-0.15, -0.1) is 0 Å². The van der Waals surface area contributed by atoms with Crippen LogP contribution in [0.15, 0.2) is 0 Å². The van der Waals surface area contributed by atoms with Crippen LogP contribution >= 0.6 is 0 Å². The smallest absolute Gasteiger partial charge is 0.0952 e. The zero-order valence-electron chi connectivity index (χ0n) is 6.71. The fourth-order valence-corrected chi connectivity index (χ4v) is 1.12. The van der Waals surface area contributed by atoms with E-state index in [0.29, 0.717) is 5.92 Å². The molecule has 1 unspecified atom stereocenters. The summed E-state index contributed by atoms with van der Waals surface area (Å²) < 4.78 is 0. The molecule has 1 atom stereocenters. The van der Waals surface area contributed by atoms with Gasteiger partial charge in [0.2, 0.25) is 0 Å². The minimum atomic E-state index is 0.0625. The second kappa shape index (κ2) is 3.35. The molecule has 1 fully saturated rings. The Labute approximate surface area is 62.1 Å². The van der Waals surface area contributed by atoms with Crippen LogP contribution in [0.3, 0.4) is 0 Å². The zero-order valence-corrected chi connectivity index (χ0v) is 6.71. The molecule has 1 aliphatic carbocycles. The molecule has 0 aromatic heterocycles. The summed E-state index contributed by atoms with van der Waals surface area (Å²) in [4.78, 5) is 4.36. The Morgan fingerprint density at radius 2 is 2.10 bits per heavy atom. The van der Waals surface area contributed by atoms with Crippen molar-refractivity contribution in [2.75, 3.05) is 0 Å². The molecule has 0 aromatic carbocycles. The summed E-state index contributed by atoms with van der Waals surface area (Å²) in [5, 5.41) is 8.47. The number of hydrogen-bond donors (Lipinski definition) is 1. The van der Waals surface area contributed by atoms with Crippen LogP contribution in [-0.4, -0.2) is 11.4 Å². The minimum absolute atomic E-state index is 0.0625. The summed E-state index contributed by atoms with van der Waals surface area (Å²) >= 11 is 0. The molecule has 0 heterocycles. The predicted molar refractivity (Wildman–Crippen MR) is 39.7 cm³/mol. The lowest BCUT2D eigenvalue weighted by molar-refractivity contribution is -0.290. The molecule has 0 aliphatic heterocycles. The Kier molecular flexibility index (Phi) is 2.69. The van der Waals surface area contributed by atoms with Gasteiger partial charge < -0.3 is 0 Å². The fraction of sp³-hybridized carbons (Fsp3) is 1.00. The Morgan fingerprint density at radius 1 is 1.50 bits per heavy atom. The van der Waals surface area contributed by atoms with Gasteiger partial charge in [0, 0.05) is 0 Å². The van der Waals surface area contributed by atoms with Crippen molar-refractivity contribution in [2.24, 2.45) is 11.8 Å². The van der Waals surface area contributed by atoms with Crippen molar-refractivity contribution in [3.8, 4) is 0 Å². The number of hydrogen-bond acceptors (Lipinski definition) is 2. The quantitative estimate of drug-likeness (QED) is 0.484. The topological polar surface area (TPSA) is 29.5 Å². The highest BCUT2D eigenvalue weighted by molar-refractivity contribution is 4.77. The Hall–Kier alpha value is -0.0800. The van der Waals surface area contributed by atoms with Crippen molar-refractivity contribution in [1.82, 2.24) is 0 Å². The standard InChI is InChI=1S/C8H16O2/c1-6(2)8(10-9)5-7-3-4-7/h6-9H,3-5H2,1-2H3. The predicted octanol–water partition coefficient (Wildman–Crippen LogP) is 2.30. The lowest BCUT2D eigenvalue weighted by Crippen LogP contribution is -2.18. The first-order chi connectivity index (χ1) is 4.74. The van der Waals surface area contributed by atoms with Gasteiger partial charge in [-0.2, -0.15) is 0 Å². The SMILES string of the molecule is CC(C)C(CC1CC1)OO. The van der Waals surface area contributed by atoms with Gasteiger partial charge in [0.05, 0.1) is 6.10 Å². The van der Waals surface area contributed by atoms with Crippen molar-refractivity contribution in [2.45, 2.75) is 39.2 Å². The summed E-state index contributed by atoms with van der Waals surface area (Å²) in [5.41, 5.74) is 0. The van der Waals surface area contributed by atoms with Crippen molar-refractivity contribution in [1.29, 1.82) is 0 Å². The van der Waals surface area contributed by atoms with Crippen LogP contribution in [0.5, 0.6) is 0 Å². The molecule has 1 N–H and O–H groups in total. The molecule has 0 spiro atoms. The summed E-state index contributed by atoms with van der Waals surface area (Å²) in [6.07, 6.45) is 3.75. The van der Waals surface area contributed by atoms with E-state index in [9.17, 15) is 0 Å². The molecule has 1 rings (SSSR count). The van der Waals surface area contributed by atoms with Gasteiger partial charge in [-0.05, 0) is 18.3 Å². The van der Waals surface area contributed by atoms with Crippen LogP contribution < -0.4 is 0 Å². The highest BCUT2D eigenvalue weighted by atomic mass is 17.1. The zero-order chi connectivity index (χ0) is 7.56. The average molecular weight is 144 g/mol. The van der Waals surface area contributed by atoms with Gasteiger partial charge in [-0.25, -0.2) is 4.89 Å².